The largest absolute Gasteiger partial charge is 0.467 e. The smallest absolute Gasteiger partial charge is 0.146 e. The van der Waals surface area contributed by atoms with Crippen LogP contribution in [0, 0.1) is 0 Å². The fraction of sp³-hybridized carbons (Fsp3) is 0.333. The van der Waals surface area contributed by atoms with Gasteiger partial charge in [-0.1, -0.05) is 5.16 Å². The molecule has 1 aromatic rings. The van der Waals surface area contributed by atoms with Crippen molar-refractivity contribution in [2.45, 2.75) is 6.54 Å². The van der Waals surface area contributed by atoms with E-state index in [1.807, 2.05) is 17.0 Å². The molecule has 0 unspecified atom stereocenters. The maximum atomic E-state index is 8.41. The molecule has 5 heteroatoms. The predicted molar refractivity (Wildman–Crippen MR) is 51.7 cm³/mol. The summed E-state index contributed by atoms with van der Waals surface area (Å²) in [6.45, 7) is 2.24. The van der Waals surface area contributed by atoms with Crippen LogP contribution in [-0.2, 0) is 6.54 Å². The highest BCUT2D eigenvalue weighted by atomic mass is 16.4. The Morgan fingerprint density at radius 2 is 2.64 bits per heavy atom. The summed E-state index contributed by atoms with van der Waals surface area (Å²) in [5, 5.41) is 11.4. The molecule has 1 aliphatic heterocycles. The molecule has 1 aliphatic rings. The lowest BCUT2D eigenvalue weighted by atomic mass is 10.4. The summed E-state index contributed by atoms with van der Waals surface area (Å²) in [5.74, 6) is 1.58. The molecule has 2 heterocycles. The number of nitrogens with zero attached hydrogens (tertiary/aromatic N) is 3. The van der Waals surface area contributed by atoms with Crippen LogP contribution in [0.3, 0.4) is 0 Å². The Labute approximate surface area is 81.3 Å². The van der Waals surface area contributed by atoms with E-state index in [2.05, 4.69) is 10.1 Å². The summed E-state index contributed by atoms with van der Waals surface area (Å²) in [5.41, 5.74) is 0. The number of rotatable bonds is 3. The summed E-state index contributed by atoms with van der Waals surface area (Å²) >= 11 is 0. The van der Waals surface area contributed by atoms with Crippen LogP contribution in [0.5, 0.6) is 0 Å². The van der Waals surface area contributed by atoms with Crippen LogP contribution in [0.25, 0.3) is 0 Å². The summed E-state index contributed by atoms with van der Waals surface area (Å²) in [7, 11) is 0. The third kappa shape index (κ3) is 1.76. The van der Waals surface area contributed by atoms with Gasteiger partial charge in [0, 0.05) is 6.54 Å². The fourth-order valence-electron chi connectivity index (χ4n) is 1.42. The van der Waals surface area contributed by atoms with E-state index in [1.54, 1.807) is 6.26 Å². The monoisotopic (exact) mass is 193 g/mol. The van der Waals surface area contributed by atoms with Crippen molar-refractivity contribution in [3.63, 3.8) is 0 Å². The molecule has 0 atom stereocenters. The van der Waals surface area contributed by atoms with Gasteiger partial charge in [-0.3, -0.25) is 4.99 Å². The zero-order chi connectivity index (χ0) is 9.80. The molecule has 0 aromatic carbocycles. The topological polar surface area (TPSA) is 61.3 Å². The van der Waals surface area contributed by atoms with E-state index in [4.69, 9.17) is 9.62 Å². The summed E-state index contributed by atoms with van der Waals surface area (Å²) in [6.07, 6.45) is 2.98. The van der Waals surface area contributed by atoms with Gasteiger partial charge in [0.25, 0.3) is 0 Å². The highest BCUT2D eigenvalue weighted by molar-refractivity contribution is 6.29. The van der Waals surface area contributed by atoms with Crippen molar-refractivity contribution >= 4 is 12.1 Å². The van der Waals surface area contributed by atoms with Crippen LogP contribution in [0.4, 0.5) is 0 Å². The first-order valence-electron chi connectivity index (χ1n) is 4.39. The number of aliphatic imine (C=N–C) groups is 1. The molecule has 2 rings (SSSR count). The van der Waals surface area contributed by atoms with Crippen molar-refractivity contribution in [1.29, 1.82) is 0 Å². The van der Waals surface area contributed by atoms with Gasteiger partial charge in [-0.25, -0.2) is 0 Å². The quantitative estimate of drug-likeness (QED) is 0.441. The van der Waals surface area contributed by atoms with Gasteiger partial charge in [0.15, 0.2) is 0 Å². The van der Waals surface area contributed by atoms with Crippen molar-refractivity contribution < 1.29 is 9.62 Å². The van der Waals surface area contributed by atoms with E-state index < -0.39 is 0 Å². The standard InChI is InChI=1S/C9H11N3O2/c13-11-6-9-10-3-4-12(9)7-8-2-1-5-14-8/h1-2,5-6,13H,3-4,7H2/b11-6+. The molecule has 0 amide bonds. The molecule has 74 valence electrons. The molecule has 0 radical (unpaired) electrons. The van der Waals surface area contributed by atoms with Crippen molar-refractivity contribution in [2.75, 3.05) is 13.1 Å². The molecule has 0 aliphatic carbocycles. The summed E-state index contributed by atoms with van der Waals surface area (Å²) < 4.78 is 5.22. The van der Waals surface area contributed by atoms with E-state index in [0.29, 0.717) is 12.4 Å². The molecule has 1 aromatic heterocycles. The minimum absolute atomic E-state index is 0.665. The fourth-order valence-corrected chi connectivity index (χ4v) is 1.42. The second-order valence-corrected chi connectivity index (χ2v) is 2.99. The van der Waals surface area contributed by atoms with Crippen LogP contribution in [0.15, 0.2) is 33.0 Å². The Morgan fingerprint density at radius 1 is 1.71 bits per heavy atom. The third-order valence-electron chi connectivity index (χ3n) is 2.07. The van der Waals surface area contributed by atoms with E-state index in [9.17, 15) is 0 Å². The van der Waals surface area contributed by atoms with Crippen LogP contribution < -0.4 is 0 Å². The van der Waals surface area contributed by atoms with Crippen LogP contribution in [0.2, 0.25) is 0 Å². The molecule has 1 N–H and O–H groups in total. The van der Waals surface area contributed by atoms with Gasteiger partial charge < -0.3 is 14.5 Å². The lowest BCUT2D eigenvalue weighted by molar-refractivity contribution is 0.321. The van der Waals surface area contributed by atoms with Gasteiger partial charge >= 0.3 is 0 Å². The lowest BCUT2D eigenvalue weighted by Gasteiger charge is -2.15. The highest BCUT2D eigenvalue weighted by Gasteiger charge is 2.16. The number of oxime groups is 1. The van der Waals surface area contributed by atoms with Gasteiger partial charge in [-0.05, 0) is 12.1 Å². The number of amidine groups is 1. The Morgan fingerprint density at radius 3 is 3.36 bits per heavy atom. The maximum absolute atomic E-state index is 8.41. The normalized spacial score (nSPS) is 16.6. The molecule has 14 heavy (non-hydrogen) atoms. The first-order chi connectivity index (χ1) is 6.90. The van der Waals surface area contributed by atoms with Crippen LogP contribution in [0.1, 0.15) is 5.76 Å². The Bertz CT molecular complexity index is 343. The average Bonchev–Trinajstić information content (AvgIpc) is 2.80. The van der Waals surface area contributed by atoms with Crippen molar-refractivity contribution in [2.24, 2.45) is 10.1 Å². The Balaban J connectivity index is 2.02. The maximum Gasteiger partial charge on any atom is 0.146 e. The van der Waals surface area contributed by atoms with Gasteiger partial charge in [0.2, 0.25) is 0 Å². The van der Waals surface area contributed by atoms with Crippen molar-refractivity contribution in [3.8, 4) is 0 Å². The predicted octanol–water partition coefficient (Wildman–Crippen LogP) is 0.954. The molecular formula is C9H11N3O2. The van der Waals surface area contributed by atoms with Crippen LogP contribution >= 0.6 is 0 Å². The first kappa shape index (κ1) is 8.80. The molecule has 0 spiro atoms. The van der Waals surface area contributed by atoms with E-state index in [0.717, 1.165) is 18.8 Å². The second-order valence-electron chi connectivity index (χ2n) is 2.99. The van der Waals surface area contributed by atoms with Gasteiger partial charge in [0.05, 0.1) is 19.4 Å². The Kier molecular flexibility index (Phi) is 2.48. The molecule has 0 fully saturated rings. The zero-order valence-corrected chi connectivity index (χ0v) is 7.63. The highest BCUT2D eigenvalue weighted by Crippen LogP contribution is 2.08. The van der Waals surface area contributed by atoms with E-state index in [1.165, 1.54) is 6.21 Å². The third-order valence-corrected chi connectivity index (χ3v) is 2.07. The van der Waals surface area contributed by atoms with E-state index >= 15 is 0 Å². The summed E-state index contributed by atoms with van der Waals surface area (Å²) in [4.78, 5) is 6.18. The molecule has 5 nitrogen and oxygen atoms in total. The van der Waals surface area contributed by atoms with Crippen LogP contribution in [-0.4, -0.2) is 35.2 Å². The number of hydrogen-bond acceptors (Lipinski definition) is 5. The van der Waals surface area contributed by atoms with Crippen molar-refractivity contribution in [3.05, 3.63) is 24.2 Å². The average molecular weight is 193 g/mol. The zero-order valence-electron chi connectivity index (χ0n) is 7.63. The van der Waals surface area contributed by atoms with Crippen molar-refractivity contribution in [1.82, 2.24) is 4.90 Å². The number of hydrogen-bond donors (Lipinski definition) is 1. The Hall–Kier alpha value is -1.78. The van der Waals surface area contributed by atoms with Gasteiger partial charge in [-0.15, -0.1) is 0 Å². The summed E-state index contributed by atoms with van der Waals surface area (Å²) in [6, 6.07) is 3.76. The minimum Gasteiger partial charge on any atom is -0.467 e. The minimum atomic E-state index is 0.665. The first-order valence-corrected chi connectivity index (χ1v) is 4.39. The molecule has 0 saturated heterocycles. The molecule has 0 bridgehead atoms. The molecular weight excluding hydrogens is 182 g/mol. The second kappa shape index (κ2) is 3.95. The molecule has 0 saturated carbocycles. The van der Waals surface area contributed by atoms with Gasteiger partial charge in [0.1, 0.15) is 17.8 Å². The van der Waals surface area contributed by atoms with E-state index in [-0.39, 0.29) is 0 Å². The lowest BCUT2D eigenvalue weighted by Crippen LogP contribution is -2.27. The SMILES string of the molecule is O/N=C/C1=NCCN1Cc1ccco1. The number of furan rings is 1. The van der Waals surface area contributed by atoms with Gasteiger partial charge in [-0.2, -0.15) is 0 Å².